The second-order valence-electron chi connectivity index (χ2n) is 4.27. The number of benzene rings is 1. The molecule has 1 atom stereocenters. The van der Waals surface area contributed by atoms with Crippen LogP contribution in [-0.2, 0) is 0 Å². The van der Waals surface area contributed by atoms with E-state index in [4.69, 9.17) is 9.84 Å². The van der Waals surface area contributed by atoms with Crippen molar-refractivity contribution < 1.29 is 9.84 Å². The molecule has 1 unspecified atom stereocenters. The second-order valence-corrected chi connectivity index (χ2v) is 4.27. The first-order valence-corrected chi connectivity index (χ1v) is 5.83. The highest BCUT2D eigenvalue weighted by molar-refractivity contribution is 5.31. The van der Waals surface area contributed by atoms with Crippen molar-refractivity contribution in [2.45, 2.75) is 18.9 Å². The quantitative estimate of drug-likeness (QED) is 0.768. The van der Waals surface area contributed by atoms with Crippen LogP contribution in [-0.4, -0.2) is 25.4 Å². The van der Waals surface area contributed by atoms with Crippen LogP contribution in [0, 0.1) is 5.92 Å². The summed E-state index contributed by atoms with van der Waals surface area (Å²) in [6.07, 6.45) is 2.56. The van der Waals surface area contributed by atoms with Gasteiger partial charge in [-0.15, -0.1) is 0 Å². The molecule has 1 aromatic carbocycles. The Hall–Kier alpha value is -1.06. The number of hydrogen-bond donors (Lipinski definition) is 2. The molecule has 3 nitrogen and oxygen atoms in total. The standard InChI is InChI=1S/C13H19NO2/c1-16-12-4-2-3-11(9-12)13(10-5-6-10)14-7-8-15/h2-4,9-10,13-15H,5-8H2,1H3. The van der Waals surface area contributed by atoms with Crippen molar-refractivity contribution in [1.82, 2.24) is 5.32 Å². The Kier molecular flexibility index (Phi) is 3.80. The van der Waals surface area contributed by atoms with Crippen LogP contribution in [0.3, 0.4) is 0 Å². The zero-order chi connectivity index (χ0) is 11.4. The van der Waals surface area contributed by atoms with Gasteiger partial charge in [0.1, 0.15) is 5.75 Å². The van der Waals surface area contributed by atoms with Crippen LogP contribution in [0.5, 0.6) is 5.75 Å². The zero-order valence-corrected chi connectivity index (χ0v) is 9.65. The van der Waals surface area contributed by atoms with Gasteiger partial charge in [-0.05, 0) is 36.5 Å². The van der Waals surface area contributed by atoms with E-state index < -0.39 is 0 Å². The van der Waals surface area contributed by atoms with Gasteiger partial charge >= 0.3 is 0 Å². The van der Waals surface area contributed by atoms with E-state index in [1.807, 2.05) is 12.1 Å². The molecule has 1 fully saturated rings. The maximum absolute atomic E-state index is 8.88. The molecule has 0 saturated heterocycles. The van der Waals surface area contributed by atoms with Gasteiger partial charge in [-0.1, -0.05) is 12.1 Å². The smallest absolute Gasteiger partial charge is 0.119 e. The molecule has 1 aliphatic carbocycles. The number of aliphatic hydroxyl groups is 1. The van der Waals surface area contributed by atoms with E-state index in [2.05, 4.69) is 17.4 Å². The normalized spacial score (nSPS) is 17.1. The molecular formula is C13H19NO2. The average Bonchev–Trinajstić information content (AvgIpc) is 3.14. The second kappa shape index (κ2) is 5.32. The third kappa shape index (κ3) is 2.74. The maximum atomic E-state index is 8.88. The van der Waals surface area contributed by atoms with Crippen LogP contribution < -0.4 is 10.1 Å². The number of nitrogens with one attached hydrogen (secondary N) is 1. The summed E-state index contributed by atoms with van der Waals surface area (Å²) in [5.41, 5.74) is 1.26. The molecule has 88 valence electrons. The molecule has 0 aromatic heterocycles. The van der Waals surface area contributed by atoms with E-state index in [-0.39, 0.29) is 6.61 Å². The fourth-order valence-electron chi connectivity index (χ4n) is 2.04. The van der Waals surface area contributed by atoms with Gasteiger partial charge in [-0.3, -0.25) is 0 Å². The lowest BCUT2D eigenvalue weighted by atomic mass is 10.0. The van der Waals surface area contributed by atoms with Crippen molar-refractivity contribution >= 4 is 0 Å². The van der Waals surface area contributed by atoms with Crippen molar-refractivity contribution in [2.75, 3.05) is 20.3 Å². The van der Waals surface area contributed by atoms with E-state index in [0.29, 0.717) is 12.6 Å². The fourth-order valence-corrected chi connectivity index (χ4v) is 2.04. The van der Waals surface area contributed by atoms with Crippen LogP contribution in [0.4, 0.5) is 0 Å². The van der Waals surface area contributed by atoms with Gasteiger partial charge in [0.15, 0.2) is 0 Å². The number of methoxy groups -OCH3 is 1. The third-order valence-corrected chi connectivity index (χ3v) is 3.02. The van der Waals surface area contributed by atoms with Gasteiger partial charge in [-0.25, -0.2) is 0 Å². The third-order valence-electron chi connectivity index (χ3n) is 3.02. The zero-order valence-electron chi connectivity index (χ0n) is 9.65. The van der Waals surface area contributed by atoms with Gasteiger partial charge < -0.3 is 15.2 Å². The maximum Gasteiger partial charge on any atom is 0.119 e. The molecule has 0 heterocycles. The Morgan fingerprint density at radius 1 is 1.50 bits per heavy atom. The molecule has 0 bridgehead atoms. The number of ether oxygens (including phenoxy) is 1. The Bertz CT molecular complexity index is 336. The molecule has 16 heavy (non-hydrogen) atoms. The van der Waals surface area contributed by atoms with Gasteiger partial charge in [0, 0.05) is 12.6 Å². The molecule has 1 saturated carbocycles. The highest BCUT2D eigenvalue weighted by Gasteiger charge is 2.31. The molecule has 0 spiro atoms. The summed E-state index contributed by atoms with van der Waals surface area (Å²) in [5, 5.41) is 12.3. The molecule has 2 rings (SSSR count). The molecule has 1 aromatic rings. The lowest BCUT2D eigenvalue weighted by molar-refractivity contribution is 0.280. The lowest BCUT2D eigenvalue weighted by Gasteiger charge is -2.18. The minimum Gasteiger partial charge on any atom is -0.497 e. The van der Waals surface area contributed by atoms with Gasteiger partial charge in [0.05, 0.1) is 13.7 Å². The minimum atomic E-state index is 0.188. The van der Waals surface area contributed by atoms with Gasteiger partial charge in [0.2, 0.25) is 0 Å². The van der Waals surface area contributed by atoms with Crippen molar-refractivity contribution in [3.8, 4) is 5.75 Å². The minimum absolute atomic E-state index is 0.188. The Morgan fingerprint density at radius 2 is 2.31 bits per heavy atom. The largest absolute Gasteiger partial charge is 0.497 e. The lowest BCUT2D eigenvalue weighted by Crippen LogP contribution is -2.26. The topological polar surface area (TPSA) is 41.5 Å². The highest BCUT2D eigenvalue weighted by atomic mass is 16.5. The van der Waals surface area contributed by atoms with E-state index >= 15 is 0 Å². The summed E-state index contributed by atoms with van der Waals surface area (Å²) >= 11 is 0. The summed E-state index contributed by atoms with van der Waals surface area (Å²) in [7, 11) is 1.69. The van der Waals surface area contributed by atoms with Gasteiger partial charge in [0.25, 0.3) is 0 Å². The first-order chi connectivity index (χ1) is 7.85. The van der Waals surface area contributed by atoms with E-state index in [0.717, 1.165) is 11.7 Å². The Labute approximate surface area is 96.4 Å². The molecule has 0 aliphatic heterocycles. The molecule has 0 radical (unpaired) electrons. The molecule has 3 heteroatoms. The highest BCUT2D eigenvalue weighted by Crippen LogP contribution is 2.41. The van der Waals surface area contributed by atoms with E-state index in [1.165, 1.54) is 18.4 Å². The number of hydrogen-bond acceptors (Lipinski definition) is 3. The Balaban J connectivity index is 2.10. The summed E-state index contributed by atoms with van der Waals surface area (Å²) in [6, 6.07) is 8.54. The van der Waals surface area contributed by atoms with Crippen LogP contribution in [0.2, 0.25) is 0 Å². The summed E-state index contributed by atoms with van der Waals surface area (Å²) in [4.78, 5) is 0. The van der Waals surface area contributed by atoms with Crippen LogP contribution in [0.1, 0.15) is 24.4 Å². The fraction of sp³-hybridized carbons (Fsp3) is 0.538. The van der Waals surface area contributed by atoms with Gasteiger partial charge in [-0.2, -0.15) is 0 Å². The Morgan fingerprint density at radius 3 is 2.94 bits per heavy atom. The SMILES string of the molecule is COc1cccc(C(NCCO)C2CC2)c1. The predicted molar refractivity (Wildman–Crippen MR) is 63.5 cm³/mol. The van der Waals surface area contributed by atoms with Crippen LogP contribution in [0.15, 0.2) is 24.3 Å². The first kappa shape index (κ1) is 11.4. The number of rotatable bonds is 6. The summed E-state index contributed by atoms with van der Waals surface area (Å²) < 4.78 is 5.23. The van der Waals surface area contributed by atoms with E-state index in [1.54, 1.807) is 7.11 Å². The van der Waals surface area contributed by atoms with Crippen molar-refractivity contribution in [3.63, 3.8) is 0 Å². The monoisotopic (exact) mass is 221 g/mol. The van der Waals surface area contributed by atoms with Crippen LogP contribution in [0.25, 0.3) is 0 Å². The van der Waals surface area contributed by atoms with Crippen molar-refractivity contribution in [1.29, 1.82) is 0 Å². The van der Waals surface area contributed by atoms with Crippen molar-refractivity contribution in [3.05, 3.63) is 29.8 Å². The van der Waals surface area contributed by atoms with Crippen LogP contribution >= 0.6 is 0 Å². The predicted octanol–water partition coefficient (Wildman–Crippen LogP) is 1.73. The molecule has 1 aliphatic rings. The number of aliphatic hydroxyl groups excluding tert-OH is 1. The molecule has 2 N–H and O–H groups in total. The van der Waals surface area contributed by atoms with Crippen molar-refractivity contribution in [2.24, 2.45) is 5.92 Å². The van der Waals surface area contributed by atoms with E-state index in [9.17, 15) is 0 Å². The molecular weight excluding hydrogens is 202 g/mol. The first-order valence-electron chi connectivity index (χ1n) is 5.83. The summed E-state index contributed by atoms with van der Waals surface area (Å²) in [5.74, 6) is 1.62. The average molecular weight is 221 g/mol. The molecule has 0 amide bonds. The summed E-state index contributed by atoms with van der Waals surface area (Å²) in [6.45, 7) is 0.839.